The lowest BCUT2D eigenvalue weighted by Gasteiger charge is -2.24. The number of hydrogen-bond acceptors (Lipinski definition) is 6. The van der Waals surface area contributed by atoms with Crippen molar-refractivity contribution in [3.63, 3.8) is 0 Å². The number of nitrogens with zero attached hydrogens (tertiary/aromatic N) is 1. The van der Waals surface area contributed by atoms with Crippen molar-refractivity contribution in [2.24, 2.45) is 17.2 Å². The summed E-state index contributed by atoms with van der Waals surface area (Å²) in [7, 11) is 0. The highest BCUT2D eigenvalue weighted by Crippen LogP contribution is 2.11. The number of amides is 3. The number of rotatable bonds is 16. The van der Waals surface area contributed by atoms with Gasteiger partial charge in [0.15, 0.2) is 0 Å². The first-order valence-electron chi connectivity index (χ1n) is 14.3. The Balaban J connectivity index is 1.60. The normalized spacial score (nSPS) is 12.5. The Labute approximate surface area is 248 Å². The van der Waals surface area contributed by atoms with Crippen LogP contribution in [0.1, 0.15) is 35.1 Å². The number of aryl methyl sites for hydroxylation is 1. The molecule has 0 bridgehead atoms. The zero-order valence-corrected chi connectivity index (χ0v) is 24.0. The Morgan fingerprint density at radius 2 is 1.31 bits per heavy atom. The van der Waals surface area contributed by atoms with Crippen molar-refractivity contribution in [2.75, 3.05) is 26.2 Å². The van der Waals surface area contributed by atoms with Gasteiger partial charge in [0, 0.05) is 32.7 Å². The summed E-state index contributed by atoms with van der Waals surface area (Å²) in [5.41, 5.74) is 21.4. The molecule has 0 saturated carbocycles. The summed E-state index contributed by atoms with van der Waals surface area (Å²) in [5.74, 6) is -1.19. The molecule has 3 rings (SSSR count). The van der Waals surface area contributed by atoms with Crippen LogP contribution in [0.2, 0.25) is 0 Å². The van der Waals surface area contributed by atoms with Crippen LogP contribution < -0.4 is 27.8 Å². The number of benzene rings is 3. The highest BCUT2D eigenvalue weighted by Gasteiger charge is 2.26. The molecule has 9 heteroatoms. The number of carbonyl (C=O) groups excluding carboxylic acids is 3. The Hall–Kier alpha value is -4.31. The molecule has 0 saturated heterocycles. The third-order valence-corrected chi connectivity index (χ3v) is 6.79. The lowest BCUT2D eigenvalue weighted by Crippen LogP contribution is -2.53. The van der Waals surface area contributed by atoms with E-state index in [2.05, 4.69) is 10.6 Å². The SMILES string of the molecule is NCCN(CCN)C(=O)C[C@H](N)C(=O)N[C@@H](CCc1ccccc1)C(=O)NCc1ccc(C=Cc2ccccc2)cc1. The van der Waals surface area contributed by atoms with Crippen LogP contribution in [0.25, 0.3) is 12.2 Å². The first-order valence-corrected chi connectivity index (χ1v) is 14.3. The number of hydrogen-bond donors (Lipinski definition) is 5. The second kappa shape index (κ2) is 17.5. The first-order chi connectivity index (χ1) is 20.4. The minimum atomic E-state index is -1.11. The zero-order chi connectivity index (χ0) is 30.2. The van der Waals surface area contributed by atoms with Gasteiger partial charge in [0.1, 0.15) is 6.04 Å². The maximum Gasteiger partial charge on any atom is 0.242 e. The number of nitrogens with one attached hydrogen (secondary N) is 2. The van der Waals surface area contributed by atoms with E-state index in [1.807, 2.05) is 97.1 Å². The van der Waals surface area contributed by atoms with Crippen molar-refractivity contribution < 1.29 is 14.4 Å². The van der Waals surface area contributed by atoms with Crippen molar-refractivity contribution >= 4 is 29.9 Å². The monoisotopic (exact) mass is 570 g/mol. The van der Waals surface area contributed by atoms with Crippen molar-refractivity contribution in [3.8, 4) is 0 Å². The van der Waals surface area contributed by atoms with E-state index in [1.165, 1.54) is 4.90 Å². The van der Waals surface area contributed by atoms with E-state index in [0.717, 1.165) is 22.3 Å². The summed E-state index contributed by atoms with van der Waals surface area (Å²) in [6, 6.07) is 25.7. The lowest BCUT2D eigenvalue weighted by molar-refractivity contribution is -0.135. The minimum Gasteiger partial charge on any atom is -0.350 e. The third kappa shape index (κ3) is 10.9. The molecule has 3 aromatic carbocycles. The molecule has 2 atom stereocenters. The molecule has 0 aromatic heterocycles. The summed E-state index contributed by atoms with van der Waals surface area (Å²) in [5, 5.41) is 5.70. The Bertz CT molecular complexity index is 1280. The van der Waals surface area contributed by atoms with Gasteiger partial charge in [-0.2, -0.15) is 0 Å². The topological polar surface area (TPSA) is 157 Å². The Morgan fingerprint density at radius 1 is 0.738 bits per heavy atom. The van der Waals surface area contributed by atoms with Gasteiger partial charge in [-0.05, 0) is 35.1 Å². The van der Waals surface area contributed by atoms with E-state index in [9.17, 15) is 14.4 Å². The summed E-state index contributed by atoms with van der Waals surface area (Å²) < 4.78 is 0. The van der Waals surface area contributed by atoms with Crippen molar-refractivity contribution in [3.05, 3.63) is 107 Å². The molecule has 0 aliphatic carbocycles. The number of carbonyl (C=O) groups is 3. The fraction of sp³-hybridized carbons (Fsp3) is 0.303. The van der Waals surface area contributed by atoms with Crippen molar-refractivity contribution in [2.45, 2.75) is 37.9 Å². The van der Waals surface area contributed by atoms with Gasteiger partial charge in [-0.1, -0.05) is 97.1 Å². The molecule has 0 radical (unpaired) electrons. The molecule has 3 amide bonds. The maximum atomic E-state index is 13.2. The molecule has 0 spiro atoms. The standard InChI is InChI=1S/C33H42N6O3/c34-19-21-39(22-20-35)31(40)23-29(36)32(41)38-30(18-17-26-9-5-2-6-10-26)33(42)37-24-28-15-13-27(14-16-28)12-11-25-7-3-1-4-8-25/h1-16,29-30H,17-24,34-36H2,(H,37,42)(H,38,41)/t29-,30-/m0/s1. The zero-order valence-electron chi connectivity index (χ0n) is 24.0. The molecule has 9 nitrogen and oxygen atoms in total. The lowest BCUT2D eigenvalue weighted by atomic mass is 10.0. The molecular formula is C33H42N6O3. The maximum absolute atomic E-state index is 13.2. The van der Waals surface area contributed by atoms with Gasteiger partial charge in [-0.3, -0.25) is 14.4 Å². The number of nitrogens with two attached hydrogens (primary N) is 3. The van der Waals surface area contributed by atoms with Gasteiger partial charge >= 0.3 is 0 Å². The smallest absolute Gasteiger partial charge is 0.242 e. The summed E-state index contributed by atoms with van der Waals surface area (Å²) in [6.07, 6.45) is 4.83. The molecule has 0 heterocycles. The van der Waals surface area contributed by atoms with Crippen LogP contribution >= 0.6 is 0 Å². The second-order valence-electron chi connectivity index (χ2n) is 10.1. The molecule has 8 N–H and O–H groups in total. The largest absolute Gasteiger partial charge is 0.350 e. The van der Waals surface area contributed by atoms with Crippen molar-refractivity contribution in [1.82, 2.24) is 15.5 Å². The molecule has 3 aromatic rings. The van der Waals surface area contributed by atoms with Gasteiger partial charge in [0.25, 0.3) is 0 Å². The summed E-state index contributed by atoms with van der Waals surface area (Å²) in [4.78, 5) is 40.4. The average molecular weight is 571 g/mol. The van der Waals surface area contributed by atoms with Crippen molar-refractivity contribution in [1.29, 1.82) is 0 Å². The van der Waals surface area contributed by atoms with Crippen LogP contribution in [0.4, 0.5) is 0 Å². The van der Waals surface area contributed by atoms with Crippen LogP contribution in [0.15, 0.2) is 84.9 Å². The predicted octanol–water partition coefficient (Wildman–Crippen LogP) is 2.05. The van der Waals surface area contributed by atoms with Crippen LogP contribution in [0, 0.1) is 0 Å². The highest BCUT2D eigenvalue weighted by molar-refractivity contribution is 5.92. The van der Waals surface area contributed by atoms with E-state index in [1.54, 1.807) is 0 Å². The average Bonchev–Trinajstić information content (AvgIpc) is 3.02. The van der Waals surface area contributed by atoms with E-state index in [4.69, 9.17) is 17.2 Å². The molecule has 0 fully saturated rings. The predicted molar refractivity (Wildman–Crippen MR) is 168 cm³/mol. The molecule has 42 heavy (non-hydrogen) atoms. The van der Waals surface area contributed by atoms with Gasteiger partial charge in [0.05, 0.1) is 12.5 Å². The van der Waals surface area contributed by atoms with Crippen LogP contribution in [0.5, 0.6) is 0 Å². The van der Waals surface area contributed by atoms with E-state index in [-0.39, 0.29) is 31.3 Å². The van der Waals surface area contributed by atoms with Crippen LogP contribution in [-0.2, 0) is 27.3 Å². The minimum absolute atomic E-state index is 0.204. The van der Waals surface area contributed by atoms with E-state index < -0.39 is 18.0 Å². The summed E-state index contributed by atoms with van der Waals surface area (Å²) in [6.45, 7) is 1.52. The molecule has 0 unspecified atom stereocenters. The first kappa shape index (κ1) is 32.2. The quantitative estimate of drug-likeness (QED) is 0.166. The van der Waals surface area contributed by atoms with Crippen LogP contribution in [0.3, 0.4) is 0 Å². The highest BCUT2D eigenvalue weighted by atomic mass is 16.2. The van der Waals surface area contributed by atoms with Gasteiger partial charge in [-0.25, -0.2) is 0 Å². The Kier molecular flexibility index (Phi) is 13.4. The third-order valence-electron chi connectivity index (χ3n) is 6.79. The van der Waals surface area contributed by atoms with Gasteiger partial charge < -0.3 is 32.7 Å². The molecule has 0 aliphatic rings. The van der Waals surface area contributed by atoms with E-state index in [0.29, 0.717) is 32.5 Å². The molecule has 0 aliphatic heterocycles. The van der Waals surface area contributed by atoms with E-state index >= 15 is 0 Å². The second-order valence-corrected chi connectivity index (χ2v) is 10.1. The van der Waals surface area contributed by atoms with Gasteiger partial charge in [-0.15, -0.1) is 0 Å². The Morgan fingerprint density at radius 3 is 1.90 bits per heavy atom. The summed E-state index contributed by atoms with van der Waals surface area (Å²) >= 11 is 0. The van der Waals surface area contributed by atoms with Crippen LogP contribution in [-0.4, -0.2) is 60.9 Å². The fourth-order valence-electron chi connectivity index (χ4n) is 4.40. The molecular weight excluding hydrogens is 528 g/mol. The molecule has 222 valence electrons. The fourth-order valence-corrected chi connectivity index (χ4v) is 4.40. The van der Waals surface area contributed by atoms with Gasteiger partial charge in [0.2, 0.25) is 17.7 Å².